The Bertz CT molecular complexity index is 1230. The molecule has 2 saturated carbocycles. The first-order chi connectivity index (χ1) is 21.6. The summed E-state index contributed by atoms with van der Waals surface area (Å²) in [6.07, 6.45) is -0.457. The van der Waals surface area contributed by atoms with Crippen molar-refractivity contribution in [2.75, 3.05) is 13.7 Å². The third-order valence-corrected chi connectivity index (χ3v) is 13.5. The number of aliphatic hydroxyl groups excluding tert-OH is 4. The molecule has 0 bridgehead atoms. The van der Waals surface area contributed by atoms with Crippen LogP contribution in [0.5, 0.6) is 0 Å². The van der Waals surface area contributed by atoms with Gasteiger partial charge in [-0.05, 0) is 97.9 Å². The van der Waals surface area contributed by atoms with Gasteiger partial charge in [-0.1, -0.05) is 64.5 Å². The monoisotopic (exact) mass is 646 g/mol. The maximum absolute atomic E-state index is 13.6. The van der Waals surface area contributed by atoms with Crippen molar-refractivity contribution in [2.24, 2.45) is 39.9 Å². The highest BCUT2D eigenvalue weighted by Gasteiger charge is 2.71. The Morgan fingerprint density at radius 3 is 2.37 bits per heavy atom. The Morgan fingerprint density at radius 2 is 1.76 bits per heavy atom. The zero-order valence-corrected chi connectivity index (χ0v) is 28.7. The van der Waals surface area contributed by atoms with Gasteiger partial charge in [0.15, 0.2) is 6.29 Å². The summed E-state index contributed by atoms with van der Waals surface area (Å²) < 4.78 is 17.4. The van der Waals surface area contributed by atoms with Gasteiger partial charge in [-0.25, -0.2) is 0 Å². The summed E-state index contributed by atoms with van der Waals surface area (Å²) in [6.45, 7) is 19.2. The Kier molecular flexibility index (Phi) is 10.1. The van der Waals surface area contributed by atoms with Gasteiger partial charge < -0.3 is 39.7 Å². The van der Waals surface area contributed by atoms with Crippen LogP contribution in [0.1, 0.15) is 92.4 Å². The second-order valence-electron chi connectivity index (χ2n) is 15.8. The van der Waals surface area contributed by atoms with Crippen LogP contribution in [-0.2, 0) is 19.0 Å². The number of allylic oxidation sites excluding steroid dienone is 2. The summed E-state index contributed by atoms with van der Waals surface area (Å²) in [6, 6.07) is 0. The summed E-state index contributed by atoms with van der Waals surface area (Å²) in [7, 11) is 1.39. The molecule has 0 aromatic heterocycles. The highest BCUT2D eigenvalue weighted by molar-refractivity contribution is 5.83. The molecule has 1 saturated heterocycles. The molecule has 9 nitrogen and oxygen atoms in total. The van der Waals surface area contributed by atoms with E-state index < -0.39 is 66.3 Å². The molecule has 0 aromatic carbocycles. The van der Waals surface area contributed by atoms with Gasteiger partial charge in [-0.15, -0.1) is 0 Å². The van der Waals surface area contributed by atoms with Crippen LogP contribution in [0.4, 0.5) is 0 Å². The molecule has 0 aromatic rings. The average molecular weight is 647 g/mol. The second-order valence-corrected chi connectivity index (χ2v) is 15.8. The molecule has 5 aliphatic rings. The van der Waals surface area contributed by atoms with Gasteiger partial charge in [0.1, 0.15) is 29.8 Å². The number of aliphatic carboxylic acids is 1. The minimum atomic E-state index is -1.36. The van der Waals surface area contributed by atoms with Crippen LogP contribution in [0.25, 0.3) is 0 Å². The van der Waals surface area contributed by atoms with Crippen LogP contribution in [0.2, 0.25) is 0 Å². The molecular weight excluding hydrogens is 588 g/mol. The molecule has 0 spiro atoms. The number of carboxylic acids is 1. The maximum Gasteiger partial charge on any atom is 0.317 e. The number of ether oxygens (including phenoxy) is 3. The van der Waals surface area contributed by atoms with Gasteiger partial charge >= 0.3 is 5.97 Å². The number of methoxy groups -OCH3 is 1. The van der Waals surface area contributed by atoms with Crippen LogP contribution in [0.15, 0.2) is 35.5 Å². The first kappa shape index (κ1) is 35.7. The van der Waals surface area contributed by atoms with Gasteiger partial charge in [-0.3, -0.25) is 4.79 Å². The zero-order chi connectivity index (χ0) is 33.9. The van der Waals surface area contributed by atoms with Crippen LogP contribution in [0.3, 0.4) is 0 Å². The smallest absolute Gasteiger partial charge is 0.317 e. The lowest BCUT2D eigenvalue weighted by molar-refractivity contribution is -0.313. The highest BCUT2D eigenvalue weighted by Crippen LogP contribution is 2.72. The molecule has 1 heterocycles. The lowest BCUT2D eigenvalue weighted by Crippen LogP contribution is -2.61. The number of fused-ring (bicyclic) bond motifs is 4. The molecule has 4 aliphatic carbocycles. The van der Waals surface area contributed by atoms with E-state index in [0.29, 0.717) is 38.0 Å². The van der Waals surface area contributed by atoms with E-state index in [9.17, 15) is 30.3 Å². The largest absolute Gasteiger partial charge is 0.480 e. The second kappa shape index (κ2) is 13.0. The number of hydrogen-bond acceptors (Lipinski definition) is 8. The zero-order valence-electron chi connectivity index (χ0n) is 28.7. The molecule has 0 unspecified atom stereocenters. The van der Waals surface area contributed by atoms with Gasteiger partial charge in [-0.2, -0.15) is 0 Å². The summed E-state index contributed by atoms with van der Waals surface area (Å²) in [5, 5.41) is 54.2. The van der Waals surface area contributed by atoms with Crippen LogP contribution in [-0.4, -0.2) is 88.1 Å². The molecule has 5 N–H and O–H groups in total. The van der Waals surface area contributed by atoms with Crippen LogP contribution >= 0.6 is 0 Å². The predicted molar refractivity (Wildman–Crippen MR) is 174 cm³/mol. The molecule has 3 fully saturated rings. The van der Waals surface area contributed by atoms with E-state index in [4.69, 9.17) is 14.2 Å². The van der Waals surface area contributed by atoms with Crippen molar-refractivity contribution in [1.29, 1.82) is 0 Å². The lowest BCUT2D eigenvalue weighted by atomic mass is 9.45. The van der Waals surface area contributed by atoms with E-state index in [1.807, 2.05) is 0 Å². The number of aliphatic hydroxyl groups is 4. The van der Waals surface area contributed by atoms with Crippen molar-refractivity contribution in [2.45, 2.75) is 135 Å². The standard InChI is InChI=1S/C37H58O9/c1-19(2)20(3)9-10-21(4)26-17-29(39)37(34(42)43)25-12-11-23-22(5)27(14-15-35(23,6)24(25)13-16-36(26,37)7)45-33-31(41)30(40)32(44-8)28(18-38)46-33/h19,21,23,26-33,38-41H,3,5,9-18H2,1-2,4,6-8H3,(H,42,43)/t21-,23-,26+,27-,28+,29+,30+,31+,32+,33-,35-,36+,37+/m0/s1. The normalized spacial score (nSPS) is 44.8. The molecule has 260 valence electrons. The van der Waals surface area contributed by atoms with E-state index >= 15 is 0 Å². The van der Waals surface area contributed by atoms with E-state index in [-0.39, 0.29) is 23.2 Å². The van der Waals surface area contributed by atoms with Crippen molar-refractivity contribution < 1.29 is 44.5 Å². The summed E-state index contributed by atoms with van der Waals surface area (Å²) in [5.41, 5.74) is 2.01. The topological polar surface area (TPSA) is 146 Å². The Labute approximate surface area is 274 Å². The van der Waals surface area contributed by atoms with Crippen LogP contribution in [0, 0.1) is 39.9 Å². The Balaban J connectivity index is 1.40. The van der Waals surface area contributed by atoms with Crippen molar-refractivity contribution >= 4 is 5.97 Å². The van der Waals surface area contributed by atoms with E-state index in [2.05, 4.69) is 47.8 Å². The molecule has 9 heteroatoms. The molecule has 0 amide bonds. The van der Waals surface area contributed by atoms with Gasteiger partial charge in [0.2, 0.25) is 0 Å². The van der Waals surface area contributed by atoms with E-state index in [1.165, 1.54) is 18.3 Å². The Hall–Kier alpha value is -1.59. The van der Waals surface area contributed by atoms with E-state index in [1.54, 1.807) is 0 Å². The van der Waals surface area contributed by atoms with Crippen molar-refractivity contribution in [3.8, 4) is 0 Å². The molecular formula is C37H58O9. The van der Waals surface area contributed by atoms with Gasteiger partial charge in [0, 0.05) is 7.11 Å². The number of rotatable bonds is 10. The fourth-order valence-corrected chi connectivity index (χ4v) is 10.7. The lowest BCUT2D eigenvalue weighted by Gasteiger charge is -2.59. The fraction of sp³-hybridized carbons (Fsp3) is 0.811. The SMILES string of the molecule is C=C(CC[C@H](C)[C@H]1C[C@@H](O)[C@@]2(C(=O)O)C3=C(CC[C@]12C)[C@@]1(C)CC[C@H](O[C@H]2O[C@H](CO)[C@@H](OC)[C@H](O)[C@H]2O)C(=C)[C@@H]1CC3)C(C)C. The average Bonchev–Trinajstić information content (AvgIpc) is 3.26. The molecule has 5 rings (SSSR count). The molecule has 13 atom stereocenters. The summed E-state index contributed by atoms with van der Waals surface area (Å²) >= 11 is 0. The maximum atomic E-state index is 13.6. The van der Waals surface area contributed by atoms with Gasteiger partial charge in [0.05, 0.1) is 18.8 Å². The first-order valence-electron chi connectivity index (χ1n) is 17.4. The highest BCUT2D eigenvalue weighted by atomic mass is 16.7. The van der Waals surface area contributed by atoms with Crippen molar-refractivity contribution in [1.82, 2.24) is 0 Å². The number of carboxylic acid groups (broad SMARTS) is 1. The number of hydrogen-bond donors (Lipinski definition) is 5. The summed E-state index contributed by atoms with van der Waals surface area (Å²) in [4.78, 5) is 13.6. The Morgan fingerprint density at radius 1 is 1.07 bits per heavy atom. The number of carbonyl (C=O) groups is 1. The van der Waals surface area contributed by atoms with Crippen LogP contribution < -0.4 is 0 Å². The quantitative estimate of drug-likeness (QED) is 0.212. The predicted octanol–water partition coefficient (Wildman–Crippen LogP) is 4.77. The molecule has 0 radical (unpaired) electrons. The summed E-state index contributed by atoms with van der Waals surface area (Å²) in [5.74, 6) is -0.102. The minimum Gasteiger partial charge on any atom is -0.480 e. The fourth-order valence-electron chi connectivity index (χ4n) is 10.7. The third kappa shape index (κ3) is 5.28. The van der Waals surface area contributed by atoms with E-state index in [0.717, 1.165) is 36.8 Å². The van der Waals surface area contributed by atoms with Gasteiger partial charge in [0.25, 0.3) is 0 Å². The molecule has 1 aliphatic heterocycles. The first-order valence-corrected chi connectivity index (χ1v) is 17.4. The molecule has 46 heavy (non-hydrogen) atoms. The van der Waals surface area contributed by atoms with Crippen molar-refractivity contribution in [3.63, 3.8) is 0 Å². The minimum absolute atomic E-state index is 0.0292. The third-order valence-electron chi connectivity index (χ3n) is 13.5. The van der Waals surface area contributed by atoms with Crippen molar-refractivity contribution in [3.05, 3.63) is 35.5 Å².